The van der Waals surface area contributed by atoms with Crippen LogP contribution in [0.4, 0.5) is 0 Å². The van der Waals surface area contributed by atoms with Crippen LogP contribution in [-0.4, -0.2) is 29.2 Å². The van der Waals surface area contributed by atoms with Gasteiger partial charge in [0.1, 0.15) is 12.4 Å². The van der Waals surface area contributed by atoms with Gasteiger partial charge in [-0.25, -0.2) is 0 Å². The molecule has 0 aliphatic carbocycles. The molecule has 3 aromatic rings. The summed E-state index contributed by atoms with van der Waals surface area (Å²) in [6, 6.07) is 11.4. The average molecular weight is 343 g/mol. The van der Waals surface area contributed by atoms with Crippen molar-refractivity contribution in [3.8, 4) is 17.1 Å². The predicted molar refractivity (Wildman–Crippen MR) is 90.9 cm³/mol. The minimum absolute atomic E-state index is 0.0676. The number of aromatic nitrogens is 2. The molecule has 0 saturated carbocycles. The lowest BCUT2D eigenvalue weighted by Crippen LogP contribution is -2.28. The van der Waals surface area contributed by atoms with Crippen molar-refractivity contribution in [2.45, 2.75) is 12.8 Å². The van der Waals surface area contributed by atoms with Gasteiger partial charge >= 0.3 is 0 Å². The van der Waals surface area contributed by atoms with E-state index in [-0.39, 0.29) is 5.91 Å². The van der Waals surface area contributed by atoms with E-state index in [1.54, 1.807) is 11.3 Å². The van der Waals surface area contributed by atoms with E-state index in [1.165, 1.54) is 0 Å². The SMILES string of the molecule is O=C(CCc1nc(-c2ccsc2)no1)NCCOc1ccccc1. The molecule has 1 N–H and O–H groups in total. The van der Waals surface area contributed by atoms with Crippen LogP contribution in [-0.2, 0) is 11.2 Å². The quantitative estimate of drug-likeness (QED) is 0.636. The summed E-state index contributed by atoms with van der Waals surface area (Å²) in [7, 11) is 0. The zero-order chi connectivity index (χ0) is 16.6. The fourth-order valence-electron chi connectivity index (χ4n) is 2.05. The summed E-state index contributed by atoms with van der Waals surface area (Å²) in [6.07, 6.45) is 0.721. The van der Waals surface area contributed by atoms with Crippen LogP contribution >= 0.6 is 11.3 Å². The van der Waals surface area contributed by atoms with Crippen molar-refractivity contribution in [3.63, 3.8) is 0 Å². The Labute approximate surface area is 143 Å². The molecule has 0 radical (unpaired) electrons. The second kappa shape index (κ2) is 8.26. The third kappa shape index (κ3) is 4.66. The zero-order valence-corrected chi connectivity index (χ0v) is 13.8. The molecule has 0 fully saturated rings. The second-order valence-corrected chi connectivity index (χ2v) is 5.82. The summed E-state index contributed by atoms with van der Waals surface area (Å²) in [4.78, 5) is 16.1. The number of rotatable bonds is 8. The highest BCUT2D eigenvalue weighted by Crippen LogP contribution is 2.18. The summed E-state index contributed by atoms with van der Waals surface area (Å²) in [5.74, 6) is 1.75. The van der Waals surface area contributed by atoms with E-state index >= 15 is 0 Å². The molecule has 2 heterocycles. The number of hydrogen-bond donors (Lipinski definition) is 1. The largest absolute Gasteiger partial charge is 0.492 e. The molecule has 0 aliphatic rings. The Kier molecular flexibility index (Phi) is 5.57. The lowest BCUT2D eigenvalue weighted by atomic mass is 10.3. The summed E-state index contributed by atoms with van der Waals surface area (Å²) in [5, 5.41) is 10.6. The van der Waals surface area contributed by atoms with Gasteiger partial charge in [-0.15, -0.1) is 0 Å². The number of carbonyl (C=O) groups excluding carboxylic acids is 1. The molecule has 0 bridgehead atoms. The first kappa shape index (κ1) is 16.2. The van der Waals surface area contributed by atoms with E-state index in [4.69, 9.17) is 9.26 Å². The van der Waals surface area contributed by atoms with Crippen LogP contribution in [0, 0.1) is 0 Å². The molecule has 0 aliphatic heterocycles. The molecular weight excluding hydrogens is 326 g/mol. The van der Waals surface area contributed by atoms with Gasteiger partial charge in [0.2, 0.25) is 17.6 Å². The Bertz CT molecular complexity index is 757. The second-order valence-electron chi connectivity index (χ2n) is 5.04. The molecule has 0 atom stereocenters. The number of benzene rings is 1. The van der Waals surface area contributed by atoms with Gasteiger partial charge in [-0.05, 0) is 23.6 Å². The normalized spacial score (nSPS) is 10.5. The third-order valence-electron chi connectivity index (χ3n) is 3.25. The standard InChI is InChI=1S/C17H17N3O3S/c21-15(18-9-10-22-14-4-2-1-3-5-14)6-7-16-19-17(20-23-16)13-8-11-24-12-13/h1-5,8,11-12H,6-7,9-10H2,(H,18,21). The molecule has 124 valence electrons. The first-order chi connectivity index (χ1) is 11.8. The van der Waals surface area contributed by atoms with Crippen LogP contribution in [0.15, 0.2) is 51.7 Å². The number of aryl methyl sites for hydroxylation is 1. The van der Waals surface area contributed by atoms with Gasteiger partial charge in [-0.1, -0.05) is 23.4 Å². The van der Waals surface area contributed by atoms with Crippen LogP contribution in [0.1, 0.15) is 12.3 Å². The van der Waals surface area contributed by atoms with Gasteiger partial charge in [0, 0.05) is 23.8 Å². The van der Waals surface area contributed by atoms with E-state index in [0.717, 1.165) is 11.3 Å². The van der Waals surface area contributed by atoms with Gasteiger partial charge < -0.3 is 14.6 Å². The van der Waals surface area contributed by atoms with Crippen molar-refractivity contribution in [3.05, 3.63) is 53.0 Å². The number of hydrogen-bond acceptors (Lipinski definition) is 6. The maximum atomic E-state index is 11.8. The molecular formula is C17H17N3O3S. The van der Waals surface area contributed by atoms with Crippen LogP contribution in [0.5, 0.6) is 5.75 Å². The van der Waals surface area contributed by atoms with Gasteiger partial charge in [-0.2, -0.15) is 16.3 Å². The average Bonchev–Trinajstić information content (AvgIpc) is 3.29. The molecule has 6 nitrogen and oxygen atoms in total. The van der Waals surface area contributed by atoms with Crippen LogP contribution < -0.4 is 10.1 Å². The van der Waals surface area contributed by atoms with Crippen molar-refractivity contribution in [1.82, 2.24) is 15.5 Å². The summed E-state index contributed by atoms with van der Waals surface area (Å²) in [6.45, 7) is 0.885. The maximum absolute atomic E-state index is 11.8. The number of nitrogens with zero attached hydrogens (tertiary/aromatic N) is 2. The molecule has 0 spiro atoms. The smallest absolute Gasteiger partial charge is 0.227 e. The van der Waals surface area contributed by atoms with E-state index < -0.39 is 0 Å². The van der Waals surface area contributed by atoms with Crippen molar-refractivity contribution in [2.75, 3.05) is 13.2 Å². The topological polar surface area (TPSA) is 77.2 Å². The Hall–Kier alpha value is -2.67. The Morgan fingerprint density at radius 3 is 2.92 bits per heavy atom. The maximum Gasteiger partial charge on any atom is 0.227 e. The van der Waals surface area contributed by atoms with Gasteiger partial charge in [0.05, 0.1) is 6.54 Å². The highest BCUT2D eigenvalue weighted by Gasteiger charge is 2.10. The molecule has 0 unspecified atom stereocenters. The highest BCUT2D eigenvalue weighted by molar-refractivity contribution is 7.08. The summed E-state index contributed by atoms with van der Waals surface area (Å²) >= 11 is 1.57. The van der Waals surface area contributed by atoms with Crippen molar-refractivity contribution in [2.24, 2.45) is 0 Å². The van der Waals surface area contributed by atoms with Crippen molar-refractivity contribution >= 4 is 17.2 Å². The fraction of sp³-hybridized carbons (Fsp3) is 0.235. The van der Waals surface area contributed by atoms with Crippen LogP contribution in [0.25, 0.3) is 11.4 Å². The predicted octanol–water partition coefficient (Wildman–Crippen LogP) is 2.93. The molecule has 24 heavy (non-hydrogen) atoms. The zero-order valence-electron chi connectivity index (χ0n) is 13.0. The number of amides is 1. The summed E-state index contributed by atoms with van der Waals surface area (Å²) < 4.78 is 10.7. The number of ether oxygens (including phenoxy) is 1. The molecule has 1 aromatic carbocycles. The minimum atomic E-state index is -0.0676. The fourth-order valence-corrected chi connectivity index (χ4v) is 2.68. The monoisotopic (exact) mass is 343 g/mol. The lowest BCUT2D eigenvalue weighted by molar-refractivity contribution is -0.121. The van der Waals surface area contributed by atoms with E-state index in [0.29, 0.717) is 37.7 Å². The molecule has 1 amide bonds. The Balaban J connectivity index is 1.35. The van der Waals surface area contributed by atoms with Crippen LogP contribution in [0.3, 0.4) is 0 Å². The number of para-hydroxylation sites is 1. The molecule has 3 rings (SSSR count). The lowest BCUT2D eigenvalue weighted by Gasteiger charge is -2.07. The van der Waals surface area contributed by atoms with Crippen LogP contribution in [0.2, 0.25) is 0 Å². The molecule has 2 aromatic heterocycles. The first-order valence-corrected chi connectivity index (χ1v) is 8.55. The molecule has 7 heteroatoms. The van der Waals surface area contributed by atoms with E-state index in [1.807, 2.05) is 47.2 Å². The Morgan fingerprint density at radius 2 is 2.12 bits per heavy atom. The number of thiophene rings is 1. The van der Waals surface area contributed by atoms with Gasteiger partial charge in [0.25, 0.3) is 0 Å². The number of nitrogens with one attached hydrogen (secondary N) is 1. The van der Waals surface area contributed by atoms with E-state index in [9.17, 15) is 4.79 Å². The van der Waals surface area contributed by atoms with Gasteiger partial charge in [0.15, 0.2) is 0 Å². The first-order valence-electron chi connectivity index (χ1n) is 7.61. The van der Waals surface area contributed by atoms with Gasteiger partial charge in [-0.3, -0.25) is 4.79 Å². The minimum Gasteiger partial charge on any atom is -0.492 e. The van der Waals surface area contributed by atoms with Crippen molar-refractivity contribution < 1.29 is 14.1 Å². The highest BCUT2D eigenvalue weighted by atomic mass is 32.1. The van der Waals surface area contributed by atoms with Crippen molar-refractivity contribution in [1.29, 1.82) is 0 Å². The Morgan fingerprint density at radius 1 is 1.25 bits per heavy atom. The number of carbonyl (C=O) groups is 1. The third-order valence-corrected chi connectivity index (χ3v) is 3.93. The molecule has 0 saturated heterocycles. The summed E-state index contributed by atoms with van der Waals surface area (Å²) in [5.41, 5.74) is 0.928. The van der Waals surface area contributed by atoms with E-state index in [2.05, 4.69) is 15.5 Å².